The zero-order valence-corrected chi connectivity index (χ0v) is 10.9. The quantitative estimate of drug-likeness (QED) is 0.702. The molecule has 1 rings (SSSR count). The average molecular weight is 240 g/mol. The summed E-state index contributed by atoms with van der Waals surface area (Å²) in [7, 11) is 1.73. The van der Waals surface area contributed by atoms with Gasteiger partial charge in [-0.25, -0.2) is 4.79 Å². The molecule has 0 aromatic carbocycles. The number of piperidine rings is 1. The zero-order valence-electron chi connectivity index (χ0n) is 10.9. The summed E-state index contributed by atoms with van der Waals surface area (Å²) >= 11 is 0. The maximum absolute atomic E-state index is 11.8. The molecule has 0 saturated carbocycles. The molecule has 0 aliphatic carbocycles. The second-order valence-electron chi connectivity index (χ2n) is 5.03. The molecular weight excluding hydrogens is 220 g/mol. The van der Waals surface area contributed by atoms with Gasteiger partial charge in [0.05, 0.1) is 6.54 Å². The van der Waals surface area contributed by atoms with E-state index < -0.39 is 5.60 Å². The summed E-state index contributed by atoms with van der Waals surface area (Å²) in [6.07, 6.45) is 1.62. The van der Waals surface area contributed by atoms with E-state index in [1.807, 2.05) is 20.8 Å². The number of ketones is 1. The van der Waals surface area contributed by atoms with E-state index in [2.05, 4.69) is 5.32 Å². The third-order valence-electron chi connectivity index (χ3n) is 2.30. The van der Waals surface area contributed by atoms with Crippen molar-refractivity contribution in [2.75, 3.05) is 20.1 Å². The van der Waals surface area contributed by atoms with Gasteiger partial charge in [0.25, 0.3) is 0 Å². The van der Waals surface area contributed by atoms with Gasteiger partial charge in [0.15, 0.2) is 5.78 Å². The number of nitrogens with one attached hydrogen (secondary N) is 1. The van der Waals surface area contributed by atoms with Crippen LogP contribution < -0.4 is 5.32 Å². The Morgan fingerprint density at radius 3 is 2.65 bits per heavy atom. The van der Waals surface area contributed by atoms with E-state index in [9.17, 15) is 9.59 Å². The minimum atomic E-state index is -0.509. The Hall–Kier alpha value is -1.52. The average Bonchev–Trinajstić information content (AvgIpc) is 2.19. The number of likely N-dealkylation sites (tertiary alicyclic amines) is 1. The number of nitrogens with zero attached hydrogens (tertiary/aromatic N) is 1. The normalized spacial score (nSPS) is 19.4. The van der Waals surface area contributed by atoms with Gasteiger partial charge in [-0.3, -0.25) is 4.79 Å². The molecule has 0 radical (unpaired) electrons. The van der Waals surface area contributed by atoms with Crippen molar-refractivity contribution in [3.63, 3.8) is 0 Å². The molecule has 0 bridgehead atoms. The standard InChI is InChI=1S/C12H20N2O3/c1-12(2,3)17-11(16)14-6-5-10(15)9(8-14)7-13-4/h7,13H,5-6,8H2,1-4H3. The number of Topliss-reactive ketones (excluding diaryl/α,β-unsaturated/α-hetero) is 1. The van der Waals surface area contributed by atoms with Crippen LogP contribution in [-0.2, 0) is 9.53 Å². The fourth-order valence-electron chi connectivity index (χ4n) is 1.55. The van der Waals surface area contributed by atoms with Crippen LogP contribution in [-0.4, -0.2) is 42.5 Å². The Balaban J connectivity index is 2.65. The first-order chi connectivity index (χ1) is 7.83. The molecule has 1 amide bonds. The van der Waals surface area contributed by atoms with Gasteiger partial charge in [0.1, 0.15) is 5.60 Å². The highest BCUT2D eigenvalue weighted by atomic mass is 16.6. The summed E-state index contributed by atoms with van der Waals surface area (Å²) < 4.78 is 5.27. The molecular formula is C12H20N2O3. The number of rotatable bonds is 1. The molecule has 0 spiro atoms. The van der Waals surface area contributed by atoms with Crippen molar-refractivity contribution >= 4 is 11.9 Å². The van der Waals surface area contributed by atoms with Gasteiger partial charge >= 0.3 is 6.09 Å². The topological polar surface area (TPSA) is 58.6 Å². The summed E-state index contributed by atoms with van der Waals surface area (Å²) in [5, 5.41) is 2.81. The lowest BCUT2D eigenvalue weighted by atomic mass is 10.0. The molecule has 0 aromatic heterocycles. The highest BCUT2D eigenvalue weighted by Gasteiger charge is 2.28. The second-order valence-corrected chi connectivity index (χ2v) is 5.03. The lowest BCUT2D eigenvalue weighted by Crippen LogP contribution is -2.43. The summed E-state index contributed by atoms with van der Waals surface area (Å²) in [5.41, 5.74) is 0.107. The van der Waals surface area contributed by atoms with E-state index in [0.29, 0.717) is 25.1 Å². The predicted molar refractivity (Wildman–Crippen MR) is 64.6 cm³/mol. The van der Waals surface area contributed by atoms with Gasteiger partial charge in [-0.2, -0.15) is 0 Å². The molecule has 5 nitrogen and oxygen atoms in total. The Kier molecular flexibility index (Phi) is 4.15. The number of hydrogen-bond donors (Lipinski definition) is 1. The second kappa shape index (κ2) is 5.21. The Morgan fingerprint density at radius 1 is 1.47 bits per heavy atom. The molecule has 1 aliphatic rings. The molecule has 1 N–H and O–H groups in total. The van der Waals surface area contributed by atoms with Gasteiger partial charge < -0.3 is 15.0 Å². The van der Waals surface area contributed by atoms with Crippen LogP contribution in [0.15, 0.2) is 11.8 Å². The summed E-state index contributed by atoms with van der Waals surface area (Å²) in [4.78, 5) is 24.9. The highest BCUT2D eigenvalue weighted by molar-refractivity contribution is 5.97. The first-order valence-corrected chi connectivity index (χ1v) is 5.71. The zero-order chi connectivity index (χ0) is 13.1. The van der Waals surface area contributed by atoms with Crippen LogP contribution in [0.1, 0.15) is 27.2 Å². The van der Waals surface area contributed by atoms with Crippen LogP contribution in [0.5, 0.6) is 0 Å². The smallest absolute Gasteiger partial charge is 0.410 e. The predicted octanol–water partition coefficient (Wildman–Crippen LogP) is 1.30. The van der Waals surface area contributed by atoms with E-state index in [0.717, 1.165) is 0 Å². The molecule has 1 saturated heterocycles. The minimum absolute atomic E-state index is 0.0826. The maximum atomic E-state index is 11.8. The van der Waals surface area contributed by atoms with Crippen molar-refractivity contribution in [1.29, 1.82) is 0 Å². The number of carbonyl (C=O) groups excluding carboxylic acids is 2. The van der Waals surface area contributed by atoms with Crippen LogP contribution in [0, 0.1) is 0 Å². The maximum Gasteiger partial charge on any atom is 0.410 e. The van der Waals surface area contributed by atoms with Gasteiger partial charge in [-0.05, 0) is 20.8 Å². The lowest BCUT2D eigenvalue weighted by molar-refractivity contribution is -0.117. The molecule has 5 heteroatoms. The molecule has 17 heavy (non-hydrogen) atoms. The lowest BCUT2D eigenvalue weighted by Gasteiger charge is -2.30. The van der Waals surface area contributed by atoms with Crippen molar-refractivity contribution < 1.29 is 14.3 Å². The van der Waals surface area contributed by atoms with E-state index in [1.165, 1.54) is 0 Å². The SMILES string of the molecule is CNC=C1CN(C(=O)OC(C)(C)C)CCC1=O. The van der Waals surface area contributed by atoms with Crippen molar-refractivity contribution in [1.82, 2.24) is 10.2 Å². The third-order valence-corrected chi connectivity index (χ3v) is 2.30. The van der Waals surface area contributed by atoms with E-state index in [4.69, 9.17) is 4.74 Å². The minimum Gasteiger partial charge on any atom is -0.444 e. The van der Waals surface area contributed by atoms with Crippen molar-refractivity contribution in [3.8, 4) is 0 Å². The van der Waals surface area contributed by atoms with Crippen molar-refractivity contribution in [2.24, 2.45) is 0 Å². The molecule has 0 aromatic rings. The molecule has 96 valence electrons. The van der Waals surface area contributed by atoms with Gasteiger partial charge in [0, 0.05) is 31.8 Å². The number of amides is 1. The molecule has 1 fully saturated rings. The summed E-state index contributed by atoms with van der Waals surface area (Å²) in [6.45, 7) is 6.21. The number of ether oxygens (including phenoxy) is 1. The van der Waals surface area contributed by atoms with Crippen molar-refractivity contribution in [2.45, 2.75) is 32.8 Å². The van der Waals surface area contributed by atoms with E-state index >= 15 is 0 Å². The van der Waals surface area contributed by atoms with Gasteiger partial charge in [-0.15, -0.1) is 0 Å². The summed E-state index contributed by atoms with van der Waals surface area (Å²) in [5.74, 6) is 0.0826. The number of hydrogen-bond acceptors (Lipinski definition) is 4. The molecule has 0 unspecified atom stereocenters. The Morgan fingerprint density at radius 2 is 2.12 bits per heavy atom. The molecule has 0 atom stereocenters. The van der Waals surface area contributed by atoms with Crippen LogP contribution in [0.2, 0.25) is 0 Å². The third kappa shape index (κ3) is 4.09. The first kappa shape index (κ1) is 13.5. The van der Waals surface area contributed by atoms with Crippen LogP contribution in [0.25, 0.3) is 0 Å². The molecule has 1 heterocycles. The molecule has 1 aliphatic heterocycles. The van der Waals surface area contributed by atoms with Crippen LogP contribution >= 0.6 is 0 Å². The first-order valence-electron chi connectivity index (χ1n) is 5.71. The van der Waals surface area contributed by atoms with Gasteiger partial charge in [-0.1, -0.05) is 0 Å². The largest absolute Gasteiger partial charge is 0.444 e. The Bertz CT molecular complexity index is 342. The fraction of sp³-hybridized carbons (Fsp3) is 0.667. The van der Waals surface area contributed by atoms with Crippen LogP contribution in [0.3, 0.4) is 0 Å². The highest BCUT2D eigenvalue weighted by Crippen LogP contribution is 2.16. The van der Waals surface area contributed by atoms with Crippen molar-refractivity contribution in [3.05, 3.63) is 11.8 Å². The van der Waals surface area contributed by atoms with E-state index in [1.54, 1.807) is 18.1 Å². The number of carbonyl (C=O) groups is 2. The summed E-state index contributed by atoms with van der Waals surface area (Å²) in [6, 6.07) is 0. The van der Waals surface area contributed by atoms with Crippen LogP contribution in [0.4, 0.5) is 4.79 Å². The Labute approximate surface area is 102 Å². The van der Waals surface area contributed by atoms with E-state index in [-0.39, 0.29) is 11.9 Å². The fourth-order valence-corrected chi connectivity index (χ4v) is 1.55. The monoisotopic (exact) mass is 240 g/mol. The van der Waals surface area contributed by atoms with Gasteiger partial charge in [0.2, 0.25) is 0 Å².